The molecule has 2 aromatic rings. The van der Waals surface area contributed by atoms with Crippen molar-refractivity contribution in [2.24, 2.45) is 0 Å². The fourth-order valence-electron chi connectivity index (χ4n) is 2.09. The third-order valence-electron chi connectivity index (χ3n) is 3.90. The number of hydrogen-bond acceptors (Lipinski definition) is 2. The van der Waals surface area contributed by atoms with Crippen LogP contribution in [-0.2, 0) is 0 Å². The summed E-state index contributed by atoms with van der Waals surface area (Å²) in [5, 5.41) is 19.6. The average molecular weight is 562 g/mol. The van der Waals surface area contributed by atoms with E-state index in [1.54, 1.807) is 12.1 Å². The van der Waals surface area contributed by atoms with Gasteiger partial charge in [-0.25, -0.2) is 0 Å². The highest BCUT2D eigenvalue weighted by molar-refractivity contribution is 14.1. The third-order valence-corrected chi connectivity index (χ3v) is 6.26. The minimum Gasteiger partial charge on any atom is -0.427 e. The van der Waals surface area contributed by atoms with Gasteiger partial charge in [0.25, 0.3) is 0 Å². The van der Waals surface area contributed by atoms with Crippen molar-refractivity contribution in [3.8, 4) is 0 Å². The first kappa shape index (κ1) is 25.4. The van der Waals surface area contributed by atoms with Crippen LogP contribution in [-0.4, -0.2) is 17.2 Å². The molecular weight excluding hydrogens is 540 g/mol. The Bertz CT molecular complexity index is 738. The summed E-state index contributed by atoms with van der Waals surface area (Å²) in [6.45, 7) is 0. The van der Waals surface area contributed by atoms with Crippen molar-refractivity contribution >= 4 is 76.1 Å². The molecule has 0 radical (unpaired) electrons. The summed E-state index contributed by atoms with van der Waals surface area (Å²) >= 11 is 25.3. The molecule has 27 heavy (non-hydrogen) atoms. The Balaban J connectivity index is 0.000000207. The van der Waals surface area contributed by atoms with Crippen LogP contribution in [0.5, 0.6) is 0 Å². The number of rotatable bonds is 2. The summed E-state index contributed by atoms with van der Waals surface area (Å²) in [6, 6.07) is 11.1. The minimum absolute atomic E-state index is 0. The van der Waals surface area contributed by atoms with Gasteiger partial charge >= 0.3 is 7.12 Å². The molecule has 148 valence electrons. The van der Waals surface area contributed by atoms with E-state index in [-0.39, 0.29) is 13.2 Å². The molecule has 2 aliphatic rings. The lowest BCUT2D eigenvalue weighted by molar-refractivity contribution is 0.403. The lowest BCUT2D eigenvalue weighted by Crippen LogP contribution is -2.09. The van der Waals surface area contributed by atoms with Crippen LogP contribution in [0, 0.1) is 3.57 Å². The monoisotopic (exact) mass is 560 g/mol. The SMILES string of the molecule is C.Clc1ccc(Cl)c(C2CC2)c1.Clc1ccc(Cl)c(I)c1.OB(O)C1CC1. The molecule has 2 N–H and O–H groups in total. The Morgan fingerprint density at radius 3 is 1.70 bits per heavy atom. The van der Waals surface area contributed by atoms with Gasteiger partial charge in [0.05, 0.1) is 5.02 Å². The van der Waals surface area contributed by atoms with E-state index < -0.39 is 7.12 Å². The predicted octanol–water partition coefficient (Wildman–Crippen LogP) is 7.73. The van der Waals surface area contributed by atoms with Gasteiger partial charge in [-0.1, -0.05) is 66.7 Å². The average Bonchev–Trinajstić information content (AvgIpc) is 3.47. The van der Waals surface area contributed by atoms with E-state index in [9.17, 15) is 0 Å². The van der Waals surface area contributed by atoms with E-state index in [0.717, 1.165) is 36.5 Å². The Labute approximate surface area is 195 Å². The highest BCUT2D eigenvalue weighted by Crippen LogP contribution is 2.43. The second kappa shape index (κ2) is 12.1. The van der Waals surface area contributed by atoms with Crippen molar-refractivity contribution < 1.29 is 10.0 Å². The molecule has 0 saturated heterocycles. The first-order chi connectivity index (χ1) is 12.3. The molecule has 0 aromatic heterocycles. The fourth-order valence-corrected chi connectivity index (χ4v) is 3.53. The highest BCUT2D eigenvalue weighted by Gasteiger charge is 2.33. The minimum atomic E-state index is -1.04. The van der Waals surface area contributed by atoms with Crippen molar-refractivity contribution in [3.63, 3.8) is 0 Å². The van der Waals surface area contributed by atoms with E-state index in [1.807, 2.05) is 24.3 Å². The van der Waals surface area contributed by atoms with Gasteiger partial charge in [0.2, 0.25) is 0 Å². The van der Waals surface area contributed by atoms with E-state index >= 15 is 0 Å². The molecule has 2 aliphatic carbocycles. The van der Waals surface area contributed by atoms with Crippen LogP contribution >= 0.6 is 69.0 Å². The van der Waals surface area contributed by atoms with E-state index in [4.69, 9.17) is 56.5 Å². The topological polar surface area (TPSA) is 40.5 Å². The smallest absolute Gasteiger partial charge is 0.427 e. The van der Waals surface area contributed by atoms with Gasteiger partial charge in [-0.2, -0.15) is 0 Å². The van der Waals surface area contributed by atoms with Crippen LogP contribution in [0.3, 0.4) is 0 Å². The van der Waals surface area contributed by atoms with Crippen LogP contribution in [0.1, 0.15) is 44.6 Å². The van der Waals surface area contributed by atoms with Crippen LogP contribution in [0.25, 0.3) is 0 Å². The second-order valence-electron chi connectivity index (χ2n) is 6.25. The molecule has 0 amide bonds. The maximum absolute atomic E-state index is 8.25. The van der Waals surface area contributed by atoms with E-state index in [1.165, 1.54) is 18.4 Å². The first-order valence-electron chi connectivity index (χ1n) is 8.19. The fraction of sp³-hybridized carbons (Fsp3) is 0.368. The summed E-state index contributed by atoms with van der Waals surface area (Å²) in [5.74, 6) is 0.895. The summed E-state index contributed by atoms with van der Waals surface area (Å²) in [5.41, 5.74) is 1.22. The Kier molecular flexibility index (Phi) is 11.4. The Hall–Kier alpha value is 0.315. The molecule has 8 heteroatoms. The quantitative estimate of drug-likeness (QED) is 0.224. The predicted molar refractivity (Wildman–Crippen MR) is 128 cm³/mol. The van der Waals surface area contributed by atoms with Gasteiger partial charge in [0.1, 0.15) is 0 Å². The second-order valence-corrected chi connectivity index (χ2v) is 9.10. The van der Waals surface area contributed by atoms with E-state index in [0.29, 0.717) is 5.92 Å². The molecule has 0 unspecified atom stereocenters. The molecule has 2 aromatic carbocycles. The summed E-state index contributed by atoms with van der Waals surface area (Å²) in [7, 11) is -1.04. The number of hydrogen-bond donors (Lipinski definition) is 2. The first-order valence-corrected chi connectivity index (χ1v) is 10.8. The zero-order valence-electron chi connectivity index (χ0n) is 13.8. The largest absolute Gasteiger partial charge is 0.454 e. The number of halogens is 5. The van der Waals surface area contributed by atoms with Crippen molar-refractivity contribution in [3.05, 3.63) is 65.6 Å². The summed E-state index contributed by atoms with van der Waals surface area (Å²) in [4.78, 5) is 0. The molecule has 0 bridgehead atoms. The molecule has 4 rings (SSSR count). The lowest BCUT2D eigenvalue weighted by atomic mass is 9.84. The van der Waals surface area contributed by atoms with Crippen LogP contribution in [0.15, 0.2) is 36.4 Å². The van der Waals surface area contributed by atoms with Crippen molar-refractivity contribution in [2.45, 2.75) is 44.8 Å². The van der Waals surface area contributed by atoms with Crippen molar-refractivity contribution in [1.29, 1.82) is 0 Å². The lowest BCUT2D eigenvalue weighted by Gasteiger charge is -2.00. The van der Waals surface area contributed by atoms with Gasteiger partial charge in [-0.15, -0.1) is 0 Å². The molecule has 0 spiro atoms. The van der Waals surface area contributed by atoms with E-state index in [2.05, 4.69) is 22.6 Å². The summed E-state index contributed by atoms with van der Waals surface area (Å²) < 4.78 is 0.988. The number of benzene rings is 2. The zero-order valence-corrected chi connectivity index (χ0v) is 19.0. The molecule has 0 atom stereocenters. The van der Waals surface area contributed by atoms with Gasteiger partial charge < -0.3 is 10.0 Å². The molecule has 2 saturated carbocycles. The van der Waals surface area contributed by atoms with Gasteiger partial charge in [-0.3, -0.25) is 0 Å². The maximum atomic E-state index is 8.25. The molecule has 0 heterocycles. The van der Waals surface area contributed by atoms with Crippen LogP contribution in [0.4, 0.5) is 0 Å². The van der Waals surface area contributed by atoms with Gasteiger partial charge in [0, 0.05) is 18.6 Å². The Morgan fingerprint density at radius 2 is 1.33 bits per heavy atom. The normalized spacial score (nSPS) is 14.8. The molecule has 2 fully saturated rings. The van der Waals surface area contributed by atoms with Crippen LogP contribution in [0.2, 0.25) is 25.9 Å². The Morgan fingerprint density at radius 1 is 0.815 bits per heavy atom. The highest BCUT2D eigenvalue weighted by atomic mass is 127. The van der Waals surface area contributed by atoms with Crippen molar-refractivity contribution in [2.75, 3.05) is 0 Å². The van der Waals surface area contributed by atoms with Crippen LogP contribution < -0.4 is 0 Å². The molecule has 2 nitrogen and oxygen atoms in total. The van der Waals surface area contributed by atoms with Gasteiger partial charge in [0.15, 0.2) is 0 Å². The third kappa shape index (κ3) is 9.57. The van der Waals surface area contributed by atoms with Crippen molar-refractivity contribution in [1.82, 2.24) is 0 Å². The summed E-state index contributed by atoms with van der Waals surface area (Å²) in [6.07, 6.45) is 4.52. The standard InChI is InChI=1S/C9H8Cl2.C6H3Cl2I.C3H7BO2.CH4/c10-7-3-4-9(11)8(5-7)6-1-2-6;7-4-1-2-5(8)6(9)3-4;5-4(6)3-1-2-3;/h3-6H,1-2H2;1-3H;3,5-6H,1-2H2;1H4. The maximum Gasteiger partial charge on any atom is 0.454 e. The van der Waals surface area contributed by atoms with Gasteiger partial charge in [-0.05, 0) is 89.1 Å². The zero-order chi connectivity index (χ0) is 19.3. The molecular formula is C19H22BCl4IO2. The molecule has 0 aliphatic heterocycles.